The number of alkyl halides is 3. The number of ether oxygens (including phenoxy) is 2. The topological polar surface area (TPSA) is 59.6 Å². The highest BCUT2D eigenvalue weighted by Crippen LogP contribution is 2.31. The fourth-order valence-corrected chi connectivity index (χ4v) is 2.73. The Balaban J connectivity index is 1.54. The minimum absolute atomic E-state index is 0.115. The van der Waals surface area contributed by atoms with E-state index < -0.39 is 11.7 Å². The molecule has 3 aromatic carbocycles. The Hall–Kier alpha value is -3.59. The van der Waals surface area contributed by atoms with Gasteiger partial charge in [0.25, 0.3) is 5.17 Å². The van der Waals surface area contributed by atoms with Crippen LogP contribution in [0.4, 0.5) is 24.5 Å². The Labute approximate surface area is 181 Å². The molecule has 0 unspecified atom stereocenters. The number of rotatable bonds is 5. The number of carbonyl (C=O) groups excluding carboxylic acids is 1. The van der Waals surface area contributed by atoms with Gasteiger partial charge in [-0.3, -0.25) is 4.79 Å². The molecule has 0 bridgehead atoms. The molecule has 160 valence electrons. The third-order valence-electron chi connectivity index (χ3n) is 3.90. The number of hydrogen-bond donors (Lipinski definition) is 2. The predicted octanol–water partition coefficient (Wildman–Crippen LogP) is 6.23. The molecular formula is C22H17F3N2O3S. The third kappa shape index (κ3) is 6.71. The standard InChI is InChI=1S/C22H17F3N2O3S/c1-14(28)26-16-4-12-20(13-5-16)30-21(31)27-17-6-10-19(11-7-17)29-18-8-2-15(3-9-18)22(23,24)25/h2-13H,1H3,(H,26,28)(H,27,31). The number of benzene rings is 3. The maximum absolute atomic E-state index is 12.6. The molecule has 0 radical (unpaired) electrons. The van der Waals surface area contributed by atoms with Crippen molar-refractivity contribution in [3.05, 3.63) is 78.4 Å². The number of thiocarbonyl (C=S) groups is 1. The summed E-state index contributed by atoms with van der Waals surface area (Å²) >= 11 is 5.17. The maximum atomic E-state index is 12.6. The molecule has 3 aromatic rings. The van der Waals surface area contributed by atoms with Crippen LogP contribution in [-0.2, 0) is 11.0 Å². The van der Waals surface area contributed by atoms with Crippen LogP contribution < -0.4 is 20.1 Å². The average Bonchev–Trinajstić information content (AvgIpc) is 2.70. The molecular weight excluding hydrogens is 429 g/mol. The summed E-state index contributed by atoms with van der Waals surface area (Å²) in [6.45, 7) is 1.42. The van der Waals surface area contributed by atoms with Crippen LogP contribution >= 0.6 is 12.2 Å². The number of nitrogens with one attached hydrogen (secondary N) is 2. The average molecular weight is 446 g/mol. The molecule has 3 rings (SSSR count). The lowest BCUT2D eigenvalue weighted by atomic mass is 10.2. The van der Waals surface area contributed by atoms with Crippen molar-refractivity contribution in [3.8, 4) is 17.2 Å². The Morgan fingerprint density at radius 1 is 0.774 bits per heavy atom. The van der Waals surface area contributed by atoms with Gasteiger partial charge in [-0.15, -0.1) is 0 Å². The van der Waals surface area contributed by atoms with E-state index in [1.54, 1.807) is 48.5 Å². The highest BCUT2D eigenvalue weighted by Gasteiger charge is 2.30. The van der Waals surface area contributed by atoms with Gasteiger partial charge in [0, 0.05) is 18.3 Å². The predicted molar refractivity (Wildman–Crippen MR) is 116 cm³/mol. The minimum Gasteiger partial charge on any atom is -0.457 e. The normalized spacial score (nSPS) is 10.8. The number of halogens is 3. The quantitative estimate of drug-likeness (QED) is 0.455. The second-order valence-electron chi connectivity index (χ2n) is 6.37. The molecule has 0 atom stereocenters. The van der Waals surface area contributed by atoms with Gasteiger partial charge < -0.3 is 20.1 Å². The highest BCUT2D eigenvalue weighted by molar-refractivity contribution is 7.80. The van der Waals surface area contributed by atoms with E-state index >= 15 is 0 Å². The van der Waals surface area contributed by atoms with Crippen LogP contribution in [0.1, 0.15) is 12.5 Å². The van der Waals surface area contributed by atoms with E-state index in [2.05, 4.69) is 10.6 Å². The molecule has 1 amide bonds. The number of hydrogen-bond acceptors (Lipinski definition) is 4. The first-order valence-corrected chi connectivity index (χ1v) is 9.41. The van der Waals surface area contributed by atoms with E-state index in [0.29, 0.717) is 22.9 Å². The van der Waals surface area contributed by atoms with Gasteiger partial charge in [0.15, 0.2) is 0 Å². The molecule has 0 aliphatic rings. The first kappa shape index (κ1) is 22.1. The van der Waals surface area contributed by atoms with E-state index in [9.17, 15) is 18.0 Å². The Bertz CT molecular complexity index is 1050. The second kappa shape index (κ2) is 9.48. The zero-order chi connectivity index (χ0) is 22.4. The van der Waals surface area contributed by atoms with Gasteiger partial charge in [-0.25, -0.2) is 0 Å². The van der Waals surface area contributed by atoms with E-state index in [1.165, 1.54) is 19.1 Å². The summed E-state index contributed by atoms with van der Waals surface area (Å²) in [6.07, 6.45) is -4.39. The third-order valence-corrected chi connectivity index (χ3v) is 4.09. The zero-order valence-electron chi connectivity index (χ0n) is 16.2. The smallest absolute Gasteiger partial charge is 0.416 e. The lowest BCUT2D eigenvalue weighted by Crippen LogP contribution is -2.16. The molecule has 9 heteroatoms. The molecule has 0 saturated heterocycles. The summed E-state index contributed by atoms with van der Waals surface area (Å²) in [5, 5.41) is 5.68. The van der Waals surface area contributed by atoms with Crippen LogP contribution in [0.3, 0.4) is 0 Å². The van der Waals surface area contributed by atoms with Gasteiger partial charge >= 0.3 is 6.18 Å². The van der Waals surface area contributed by atoms with Crippen LogP contribution in [0.2, 0.25) is 0 Å². The molecule has 0 heterocycles. The Morgan fingerprint density at radius 3 is 1.71 bits per heavy atom. The van der Waals surface area contributed by atoms with E-state index in [-0.39, 0.29) is 16.8 Å². The summed E-state index contributed by atoms with van der Waals surface area (Å²) < 4.78 is 48.9. The van der Waals surface area contributed by atoms with Gasteiger partial charge in [0.2, 0.25) is 5.91 Å². The molecule has 31 heavy (non-hydrogen) atoms. The van der Waals surface area contributed by atoms with Crippen LogP contribution in [0.15, 0.2) is 72.8 Å². The monoisotopic (exact) mass is 446 g/mol. The van der Waals surface area contributed by atoms with E-state index in [0.717, 1.165) is 12.1 Å². The van der Waals surface area contributed by atoms with Gasteiger partial charge in [-0.05, 0) is 85.0 Å². The van der Waals surface area contributed by atoms with Gasteiger partial charge in [-0.1, -0.05) is 0 Å². The summed E-state index contributed by atoms with van der Waals surface area (Å²) in [5.41, 5.74) is 0.541. The van der Waals surface area contributed by atoms with Crippen molar-refractivity contribution in [1.82, 2.24) is 0 Å². The zero-order valence-corrected chi connectivity index (χ0v) is 17.0. The first-order chi connectivity index (χ1) is 14.7. The molecule has 0 aromatic heterocycles. The first-order valence-electron chi connectivity index (χ1n) is 9.01. The largest absolute Gasteiger partial charge is 0.457 e. The molecule has 2 N–H and O–H groups in total. The molecule has 0 fully saturated rings. The lowest BCUT2D eigenvalue weighted by Gasteiger charge is -2.11. The van der Waals surface area contributed by atoms with Crippen LogP contribution in [0.25, 0.3) is 0 Å². The van der Waals surface area contributed by atoms with Crippen molar-refractivity contribution in [2.45, 2.75) is 13.1 Å². The minimum atomic E-state index is -4.39. The van der Waals surface area contributed by atoms with Crippen molar-refractivity contribution in [2.75, 3.05) is 10.6 Å². The van der Waals surface area contributed by atoms with E-state index in [1.807, 2.05) is 0 Å². The fourth-order valence-electron chi connectivity index (χ4n) is 2.51. The summed E-state index contributed by atoms with van der Waals surface area (Å²) in [5.74, 6) is 1.06. The Morgan fingerprint density at radius 2 is 1.23 bits per heavy atom. The molecule has 0 saturated carbocycles. The SMILES string of the molecule is CC(=O)Nc1ccc(OC(=S)Nc2ccc(Oc3ccc(C(F)(F)F)cc3)cc2)cc1. The lowest BCUT2D eigenvalue weighted by molar-refractivity contribution is -0.137. The number of amides is 1. The molecule has 0 spiro atoms. The van der Waals surface area contributed by atoms with Crippen molar-refractivity contribution < 1.29 is 27.4 Å². The highest BCUT2D eigenvalue weighted by atomic mass is 32.1. The fraction of sp³-hybridized carbons (Fsp3) is 0.0909. The Kier molecular flexibility index (Phi) is 6.76. The summed E-state index contributed by atoms with van der Waals surface area (Å²) in [6, 6.07) is 17.8. The van der Waals surface area contributed by atoms with Crippen LogP contribution in [-0.4, -0.2) is 11.1 Å². The summed E-state index contributed by atoms with van der Waals surface area (Å²) in [4.78, 5) is 11.0. The number of carbonyl (C=O) groups is 1. The van der Waals surface area contributed by atoms with Crippen molar-refractivity contribution in [1.29, 1.82) is 0 Å². The second-order valence-corrected chi connectivity index (χ2v) is 6.74. The van der Waals surface area contributed by atoms with Crippen LogP contribution in [0, 0.1) is 0 Å². The molecule has 5 nitrogen and oxygen atoms in total. The van der Waals surface area contributed by atoms with Crippen molar-refractivity contribution in [3.63, 3.8) is 0 Å². The maximum Gasteiger partial charge on any atom is 0.416 e. The molecule has 0 aliphatic heterocycles. The van der Waals surface area contributed by atoms with Crippen molar-refractivity contribution in [2.24, 2.45) is 0 Å². The number of anilines is 2. The van der Waals surface area contributed by atoms with E-state index in [4.69, 9.17) is 21.7 Å². The van der Waals surface area contributed by atoms with Crippen molar-refractivity contribution >= 4 is 34.7 Å². The van der Waals surface area contributed by atoms with Gasteiger partial charge in [0.1, 0.15) is 17.2 Å². The van der Waals surface area contributed by atoms with Gasteiger partial charge in [-0.2, -0.15) is 13.2 Å². The van der Waals surface area contributed by atoms with Crippen LogP contribution in [0.5, 0.6) is 17.2 Å². The van der Waals surface area contributed by atoms with Gasteiger partial charge in [0.05, 0.1) is 5.56 Å². The summed E-state index contributed by atoms with van der Waals surface area (Å²) in [7, 11) is 0. The molecule has 0 aliphatic carbocycles.